The van der Waals surface area contributed by atoms with Gasteiger partial charge in [-0.15, -0.1) is 10.2 Å². The maximum atomic E-state index is 12.9. The van der Waals surface area contributed by atoms with Crippen LogP contribution in [0.25, 0.3) is 11.4 Å². The molecule has 1 aliphatic rings. The van der Waals surface area contributed by atoms with E-state index in [2.05, 4.69) is 25.7 Å². The van der Waals surface area contributed by atoms with Crippen LogP contribution in [0.5, 0.6) is 0 Å². The first-order valence-corrected chi connectivity index (χ1v) is 10.9. The van der Waals surface area contributed by atoms with Crippen LogP contribution in [0.2, 0.25) is 0 Å². The minimum atomic E-state index is -4.43. The Morgan fingerprint density at radius 1 is 1.33 bits per heavy atom. The zero-order valence-corrected chi connectivity index (χ0v) is 17.5. The summed E-state index contributed by atoms with van der Waals surface area (Å²) in [6.45, 7) is 3.35. The van der Waals surface area contributed by atoms with Gasteiger partial charge < -0.3 is 14.6 Å². The Hall–Kier alpha value is -2.18. The van der Waals surface area contributed by atoms with Crippen LogP contribution in [0.15, 0.2) is 33.1 Å². The molecule has 1 aliphatic heterocycles. The maximum Gasteiger partial charge on any atom is 0.416 e. The molecule has 12 heteroatoms. The molecule has 3 aromatic rings. The number of nitrogens with one attached hydrogen (secondary N) is 1. The lowest BCUT2D eigenvalue weighted by Gasteiger charge is -2.08. The molecule has 3 heterocycles. The number of halogens is 3. The highest BCUT2D eigenvalue weighted by atomic mass is 32.2. The average molecular weight is 458 g/mol. The standard InChI is InChI=1S/C18H18F3N5O2S2/c1-10(29-17-25-24-16(30-17)22-9-13-6-3-7-27-13)15-23-14(26-28-15)11-4-2-5-12(8-11)18(19,20)21/h2,4-5,8,10,13H,3,6-7,9H2,1H3,(H,22,24)/t10-,13+/m0/s1. The largest absolute Gasteiger partial charge is 0.416 e. The smallest absolute Gasteiger partial charge is 0.376 e. The first-order valence-electron chi connectivity index (χ1n) is 9.25. The molecule has 0 saturated carbocycles. The van der Waals surface area contributed by atoms with Crippen LogP contribution in [-0.4, -0.2) is 39.6 Å². The van der Waals surface area contributed by atoms with Crippen molar-refractivity contribution in [2.75, 3.05) is 18.5 Å². The van der Waals surface area contributed by atoms with Crippen molar-refractivity contribution in [1.29, 1.82) is 0 Å². The van der Waals surface area contributed by atoms with E-state index in [0.29, 0.717) is 17.6 Å². The van der Waals surface area contributed by atoms with Crippen molar-refractivity contribution in [2.24, 2.45) is 0 Å². The highest BCUT2D eigenvalue weighted by molar-refractivity contribution is 8.01. The van der Waals surface area contributed by atoms with Crippen molar-refractivity contribution in [3.8, 4) is 11.4 Å². The Morgan fingerprint density at radius 3 is 2.97 bits per heavy atom. The van der Waals surface area contributed by atoms with Crippen molar-refractivity contribution in [3.63, 3.8) is 0 Å². The van der Waals surface area contributed by atoms with E-state index < -0.39 is 11.7 Å². The molecule has 0 radical (unpaired) electrons. The number of aromatic nitrogens is 4. The second-order valence-corrected chi connectivity index (χ2v) is 9.25. The molecule has 2 atom stereocenters. The molecule has 30 heavy (non-hydrogen) atoms. The Morgan fingerprint density at radius 2 is 2.20 bits per heavy atom. The van der Waals surface area contributed by atoms with E-state index >= 15 is 0 Å². The summed E-state index contributed by atoms with van der Waals surface area (Å²) in [6.07, 6.45) is -2.11. The first-order chi connectivity index (χ1) is 14.4. The van der Waals surface area contributed by atoms with Gasteiger partial charge in [0.1, 0.15) is 0 Å². The van der Waals surface area contributed by atoms with Crippen LogP contribution in [0.3, 0.4) is 0 Å². The van der Waals surface area contributed by atoms with Gasteiger partial charge in [0.2, 0.25) is 16.8 Å². The second kappa shape index (κ2) is 8.90. The third-order valence-corrected chi connectivity index (χ3v) is 6.48. The topological polar surface area (TPSA) is 86.0 Å². The summed E-state index contributed by atoms with van der Waals surface area (Å²) in [5, 5.41) is 15.8. The van der Waals surface area contributed by atoms with E-state index in [9.17, 15) is 13.2 Å². The van der Waals surface area contributed by atoms with Crippen LogP contribution in [0, 0.1) is 0 Å². The third-order valence-electron chi connectivity index (χ3n) is 4.43. The summed E-state index contributed by atoms with van der Waals surface area (Å²) in [7, 11) is 0. The van der Waals surface area contributed by atoms with E-state index in [1.165, 1.54) is 35.2 Å². The molecule has 1 fully saturated rings. The van der Waals surface area contributed by atoms with E-state index in [0.717, 1.165) is 35.9 Å². The van der Waals surface area contributed by atoms with E-state index in [4.69, 9.17) is 9.26 Å². The average Bonchev–Trinajstić information content (AvgIpc) is 3.47. The Balaban J connectivity index is 1.38. The van der Waals surface area contributed by atoms with Gasteiger partial charge in [0, 0.05) is 18.7 Å². The SMILES string of the molecule is C[C@H](Sc1nnc(NC[C@H]2CCCO2)s1)c1nc(-c2cccc(C(F)(F)F)c2)no1. The number of nitrogens with zero attached hydrogens (tertiary/aromatic N) is 4. The summed E-state index contributed by atoms with van der Waals surface area (Å²) in [4.78, 5) is 4.25. The summed E-state index contributed by atoms with van der Waals surface area (Å²) in [6, 6.07) is 4.84. The van der Waals surface area contributed by atoms with Gasteiger partial charge in [0.25, 0.3) is 0 Å². The third kappa shape index (κ3) is 5.10. The van der Waals surface area contributed by atoms with Gasteiger partial charge in [-0.25, -0.2) is 0 Å². The number of hydrogen-bond donors (Lipinski definition) is 1. The summed E-state index contributed by atoms with van der Waals surface area (Å²) in [5.74, 6) is 0.413. The van der Waals surface area contributed by atoms with Crippen LogP contribution >= 0.6 is 23.1 Å². The first kappa shape index (κ1) is 21.1. The summed E-state index contributed by atoms with van der Waals surface area (Å²) in [5.41, 5.74) is -0.515. The summed E-state index contributed by atoms with van der Waals surface area (Å²) < 4.78 is 50.3. The fraction of sp³-hybridized carbons (Fsp3) is 0.444. The predicted octanol–water partition coefficient (Wildman–Crippen LogP) is 5.05. The number of rotatable bonds is 7. The molecule has 7 nitrogen and oxygen atoms in total. The van der Waals surface area contributed by atoms with E-state index in [-0.39, 0.29) is 22.7 Å². The maximum absolute atomic E-state index is 12.9. The van der Waals surface area contributed by atoms with Gasteiger partial charge in [-0.1, -0.05) is 40.4 Å². The molecule has 1 saturated heterocycles. The number of hydrogen-bond acceptors (Lipinski definition) is 9. The molecule has 0 unspecified atom stereocenters. The normalized spacial score (nSPS) is 17.9. The number of anilines is 1. The van der Waals surface area contributed by atoms with Crippen LogP contribution in [0.1, 0.15) is 36.5 Å². The van der Waals surface area contributed by atoms with Crippen molar-refractivity contribution >= 4 is 28.2 Å². The highest BCUT2D eigenvalue weighted by Gasteiger charge is 2.31. The minimum absolute atomic E-state index is 0.111. The second-order valence-electron chi connectivity index (χ2n) is 6.68. The zero-order valence-electron chi connectivity index (χ0n) is 15.8. The van der Waals surface area contributed by atoms with Gasteiger partial charge in [-0.05, 0) is 31.9 Å². The van der Waals surface area contributed by atoms with Crippen molar-refractivity contribution in [2.45, 2.75) is 41.6 Å². The van der Waals surface area contributed by atoms with Crippen LogP contribution < -0.4 is 5.32 Å². The Bertz CT molecular complexity index is 988. The van der Waals surface area contributed by atoms with E-state index in [1.807, 2.05) is 6.92 Å². The lowest BCUT2D eigenvalue weighted by molar-refractivity contribution is -0.137. The van der Waals surface area contributed by atoms with Gasteiger partial charge >= 0.3 is 6.18 Å². The molecule has 2 aromatic heterocycles. The Kier molecular flexibility index (Phi) is 6.25. The fourth-order valence-corrected chi connectivity index (χ4v) is 4.82. The van der Waals surface area contributed by atoms with Gasteiger partial charge in [-0.2, -0.15) is 18.2 Å². The van der Waals surface area contributed by atoms with Gasteiger partial charge in [-0.3, -0.25) is 0 Å². The molecule has 0 amide bonds. The molecule has 0 spiro atoms. The number of benzene rings is 1. The van der Waals surface area contributed by atoms with Crippen LogP contribution in [0.4, 0.5) is 18.3 Å². The molecule has 0 bridgehead atoms. The lowest BCUT2D eigenvalue weighted by Crippen LogP contribution is -2.18. The predicted molar refractivity (Wildman–Crippen MR) is 106 cm³/mol. The highest BCUT2D eigenvalue weighted by Crippen LogP contribution is 2.38. The van der Waals surface area contributed by atoms with Crippen molar-refractivity contribution in [1.82, 2.24) is 20.3 Å². The molecule has 0 aliphatic carbocycles. The molecular weight excluding hydrogens is 439 g/mol. The zero-order chi connectivity index (χ0) is 21.1. The van der Waals surface area contributed by atoms with Gasteiger partial charge in [0.15, 0.2) is 4.34 Å². The van der Waals surface area contributed by atoms with Crippen molar-refractivity contribution < 1.29 is 22.4 Å². The number of thioether (sulfide) groups is 1. The van der Waals surface area contributed by atoms with E-state index in [1.54, 1.807) is 0 Å². The fourth-order valence-electron chi connectivity index (χ4n) is 2.89. The molecule has 4 rings (SSSR count). The monoisotopic (exact) mass is 457 g/mol. The Labute approximate surface area is 178 Å². The summed E-state index contributed by atoms with van der Waals surface area (Å²) >= 11 is 2.80. The molecule has 1 aromatic carbocycles. The molecular formula is C18H18F3N5O2S2. The van der Waals surface area contributed by atoms with Crippen molar-refractivity contribution in [3.05, 3.63) is 35.7 Å². The number of ether oxygens (including phenoxy) is 1. The molecule has 160 valence electrons. The minimum Gasteiger partial charge on any atom is -0.376 e. The lowest BCUT2D eigenvalue weighted by atomic mass is 10.1. The number of alkyl halides is 3. The van der Waals surface area contributed by atoms with Gasteiger partial charge in [0.05, 0.1) is 16.9 Å². The van der Waals surface area contributed by atoms with Crippen LogP contribution in [-0.2, 0) is 10.9 Å². The quantitative estimate of drug-likeness (QED) is 0.493. The molecule has 1 N–H and O–H groups in total.